The van der Waals surface area contributed by atoms with Crippen molar-refractivity contribution in [2.45, 2.75) is 83.9 Å². The number of hydrogen-bond donors (Lipinski definition) is 1. The van der Waals surface area contributed by atoms with Crippen molar-refractivity contribution >= 4 is 0 Å². The molecule has 2 rings (SSSR count). The van der Waals surface area contributed by atoms with Crippen molar-refractivity contribution in [2.24, 2.45) is 0 Å². The van der Waals surface area contributed by atoms with E-state index < -0.39 is 0 Å². The molecule has 0 radical (unpaired) electrons. The van der Waals surface area contributed by atoms with E-state index >= 15 is 0 Å². The van der Waals surface area contributed by atoms with E-state index in [2.05, 4.69) is 36.2 Å². The molecule has 0 bridgehead atoms. The fraction of sp³-hybridized carbons (Fsp3) is 0.875. The van der Waals surface area contributed by atoms with Crippen LogP contribution in [0.3, 0.4) is 0 Å². The molecular formula is C16H29N3O2. The molecule has 1 N–H and O–H groups in total. The first kappa shape index (κ1) is 16.4. The summed E-state index contributed by atoms with van der Waals surface area (Å²) in [5.74, 6) is 1.38. The van der Waals surface area contributed by atoms with Gasteiger partial charge < -0.3 is 14.6 Å². The van der Waals surface area contributed by atoms with Crippen LogP contribution in [0.4, 0.5) is 0 Å². The molecule has 1 heterocycles. The molecule has 0 amide bonds. The van der Waals surface area contributed by atoms with Crippen LogP contribution in [-0.4, -0.2) is 22.3 Å². The van der Waals surface area contributed by atoms with Crippen molar-refractivity contribution in [1.29, 1.82) is 0 Å². The van der Waals surface area contributed by atoms with E-state index in [0.29, 0.717) is 19.0 Å². The number of ether oxygens (including phenoxy) is 1. The molecule has 1 fully saturated rings. The smallest absolute Gasteiger partial charge is 0.240 e. The Bertz CT molecular complexity index is 429. The van der Waals surface area contributed by atoms with E-state index in [-0.39, 0.29) is 11.1 Å². The molecule has 1 aromatic rings. The van der Waals surface area contributed by atoms with Gasteiger partial charge in [0.2, 0.25) is 11.7 Å². The first-order valence-corrected chi connectivity index (χ1v) is 8.17. The second-order valence-electron chi connectivity index (χ2n) is 6.96. The SMILES string of the molecule is CCOC1(c2noc(CNC(C)(C)C)n2)CCCCCC1. The minimum Gasteiger partial charge on any atom is -0.367 e. The van der Waals surface area contributed by atoms with Gasteiger partial charge in [0.15, 0.2) is 0 Å². The molecule has 1 aliphatic rings. The zero-order chi connectivity index (χ0) is 15.3. The molecule has 0 aromatic carbocycles. The van der Waals surface area contributed by atoms with Gasteiger partial charge in [0.1, 0.15) is 5.60 Å². The first-order valence-electron chi connectivity index (χ1n) is 8.17. The number of rotatable bonds is 5. The highest BCUT2D eigenvalue weighted by molar-refractivity contribution is 5.03. The number of aromatic nitrogens is 2. The second kappa shape index (κ2) is 6.88. The zero-order valence-corrected chi connectivity index (χ0v) is 13.9. The third-order valence-corrected chi connectivity index (χ3v) is 3.98. The third-order valence-electron chi connectivity index (χ3n) is 3.98. The molecule has 1 aliphatic carbocycles. The van der Waals surface area contributed by atoms with E-state index in [9.17, 15) is 0 Å². The van der Waals surface area contributed by atoms with Gasteiger partial charge in [-0.1, -0.05) is 30.8 Å². The largest absolute Gasteiger partial charge is 0.367 e. The van der Waals surface area contributed by atoms with Crippen molar-refractivity contribution in [3.8, 4) is 0 Å². The molecule has 0 unspecified atom stereocenters. The van der Waals surface area contributed by atoms with Gasteiger partial charge in [-0.3, -0.25) is 0 Å². The van der Waals surface area contributed by atoms with Crippen molar-refractivity contribution in [3.05, 3.63) is 11.7 Å². The van der Waals surface area contributed by atoms with Gasteiger partial charge in [-0.05, 0) is 40.5 Å². The second-order valence-corrected chi connectivity index (χ2v) is 6.96. The van der Waals surface area contributed by atoms with Gasteiger partial charge in [0.25, 0.3) is 0 Å². The minimum absolute atomic E-state index is 0.0363. The quantitative estimate of drug-likeness (QED) is 0.842. The van der Waals surface area contributed by atoms with Gasteiger partial charge in [0, 0.05) is 12.1 Å². The molecule has 1 saturated carbocycles. The molecule has 0 spiro atoms. The fourth-order valence-electron chi connectivity index (χ4n) is 2.86. The number of hydrogen-bond acceptors (Lipinski definition) is 5. The number of nitrogens with one attached hydrogen (secondary N) is 1. The van der Waals surface area contributed by atoms with Crippen LogP contribution < -0.4 is 5.32 Å². The minimum atomic E-state index is -0.339. The van der Waals surface area contributed by atoms with Crippen molar-refractivity contribution in [2.75, 3.05) is 6.61 Å². The maximum absolute atomic E-state index is 6.09. The maximum atomic E-state index is 6.09. The molecule has 0 atom stereocenters. The standard InChI is InChI=1S/C16H29N3O2/c1-5-20-16(10-8-6-7-9-11-16)14-18-13(21-19-14)12-17-15(2,3)4/h17H,5-12H2,1-4H3. The van der Waals surface area contributed by atoms with Gasteiger partial charge >= 0.3 is 0 Å². The fourth-order valence-corrected chi connectivity index (χ4v) is 2.86. The summed E-state index contributed by atoms with van der Waals surface area (Å²) < 4.78 is 11.5. The highest BCUT2D eigenvalue weighted by Gasteiger charge is 2.38. The van der Waals surface area contributed by atoms with Crippen LogP contribution in [0.25, 0.3) is 0 Å². The van der Waals surface area contributed by atoms with Crippen LogP contribution in [0.5, 0.6) is 0 Å². The van der Waals surface area contributed by atoms with Crippen molar-refractivity contribution in [3.63, 3.8) is 0 Å². The summed E-state index contributed by atoms with van der Waals surface area (Å²) in [6.45, 7) is 9.68. The summed E-state index contributed by atoms with van der Waals surface area (Å²) in [6, 6.07) is 0. The Kier molecular flexibility index (Phi) is 5.38. The highest BCUT2D eigenvalue weighted by Crippen LogP contribution is 2.37. The average molecular weight is 295 g/mol. The van der Waals surface area contributed by atoms with Crippen LogP contribution in [0.15, 0.2) is 4.52 Å². The Balaban J connectivity index is 2.11. The Labute approximate surface area is 127 Å². The Morgan fingerprint density at radius 2 is 1.86 bits per heavy atom. The van der Waals surface area contributed by atoms with Gasteiger partial charge in [0.05, 0.1) is 6.54 Å². The van der Waals surface area contributed by atoms with Crippen LogP contribution in [0.2, 0.25) is 0 Å². The summed E-state index contributed by atoms with van der Waals surface area (Å²) in [5.41, 5.74) is -0.302. The third kappa shape index (κ3) is 4.51. The predicted molar refractivity (Wildman–Crippen MR) is 81.9 cm³/mol. The van der Waals surface area contributed by atoms with E-state index in [1.54, 1.807) is 0 Å². The van der Waals surface area contributed by atoms with Gasteiger partial charge in [-0.15, -0.1) is 0 Å². The average Bonchev–Trinajstić information content (AvgIpc) is 2.77. The topological polar surface area (TPSA) is 60.2 Å². The van der Waals surface area contributed by atoms with Crippen LogP contribution in [0, 0.1) is 0 Å². The lowest BCUT2D eigenvalue weighted by molar-refractivity contribution is -0.0636. The summed E-state index contributed by atoms with van der Waals surface area (Å²) in [7, 11) is 0. The normalized spacial score (nSPS) is 19.4. The summed E-state index contributed by atoms with van der Waals surface area (Å²) in [6.07, 6.45) is 6.86. The Morgan fingerprint density at radius 1 is 1.19 bits per heavy atom. The van der Waals surface area contributed by atoms with Gasteiger partial charge in [-0.25, -0.2) is 0 Å². The van der Waals surface area contributed by atoms with E-state index in [1.165, 1.54) is 25.7 Å². The van der Waals surface area contributed by atoms with Crippen LogP contribution in [-0.2, 0) is 16.9 Å². The van der Waals surface area contributed by atoms with Crippen LogP contribution >= 0.6 is 0 Å². The van der Waals surface area contributed by atoms with Crippen molar-refractivity contribution < 1.29 is 9.26 Å². The molecule has 0 saturated heterocycles. The van der Waals surface area contributed by atoms with Gasteiger partial charge in [-0.2, -0.15) is 4.98 Å². The lowest BCUT2D eigenvalue weighted by Gasteiger charge is -2.29. The monoisotopic (exact) mass is 295 g/mol. The molecule has 5 nitrogen and oxygen atoms in total. The van der Waals surface area contributed by atoms with E-state index in [0.717, 1.165) is 18.7 Å². The predicted octanol–water partition coefficient (Wildman–Crippen LogP) is 3.54. The van der Waals surface area contributed by atoms with Crippen molar-refractivity contribution in [1.82, 2.24) is 15.5 Å². The lowest BCUT2D eigenvalue weighted by atomic mass is 9.93. The summed E-state index contributed by atoms with van der Waals surface area (Å²) >= 11 is 0. The molecule has 1 aromatic heterocycles. The molecule has 5 heteroatoms. The highest BCUT2D eigenvalue weighted by atomic mass is 16.5. The van der Waals surface area contributed by atoms with E-state index in [4.69, 9.17) is 9.26 Å². The molecular weight excluding hydrogens is 266 g/mol. The molecule has 21 heavy (non-hydrogen) atoms. The molecule has 120 valence electrons. The Morgan fingerprint density at radius 3 is 2.43 bits per heavy atom. The summed E-state index contributed by atoms with van der Waals surface area (Å²) in [5, 5.41) is 7.60. The van der Waals surface area contributed by atoms with E-state index in [1.807, 2.05) is 6.92 Å². The zero-order valence-electron chi connectivity index (χ0n) is 13.9. The Hall–Kier alpha value is -0.940. The van der Waals surface area contributed by atoms with Crippen LogP contribution in [0.1, 0.15) is 77.9 Å². The maximum Gasteiger partial charge on any atom is 0.240 e. The lowest BCUT2D eigenvalue weighted by Crippen LogP contribution is -2.35. The molecule has 0 aliphatic heterocycles. The first-order chi connectivity index (χ1) is 9.95. The summed E-state index contributed by atoms with van der Waals surface area (Å²) in [4.78, 5) is 4.60. The number of nitrogens with zero attached hydrogens (tertiary/aromatic N) is 2.